The van der Waals surface area contributed by atoms with E-state index in [0.717, 1.165) is 22.3 Å². The van der Waals surface area contributed by atoms with Gasteiger partial charge in [-0.15, -0.1) is 0 Å². The predicted molar refractivity (Wildman–Crippen MR) is 118 cm³/mol. The lowest BCUT2D eigenvalue weighted by atomic mass is 9.89. The maximum absolute atomic E-state index is 10.6. The molecule has 2 aliphatic carbocycles. The van der Waals surface area contributed by atoms with E-state index in [1.807, 2.05) is 30.3 Å². The number of fused-ring (bicyclic) bond motifs is 1. The van der Waals surface area contributed by atoms with Crippen molar-refractivity contribution in [3.05, 3.63) is 77.4 Å². The molecule has 0 amide bonds. The summed E-state index contributed by atoms with van der Waals surface area (Å²) in [5, 5.41) is 49.6. The highest BCUT2D eigenvalue weighted by Gasteiger charge is 2.44. The van der Waals surface area contributed by atoms with E-state index in [9.17, 15) is 20.4 Å². The van der Waals surface area contributed by atoms with E-state index in [-0.39, 0.29) is 13.2 Å². The topological polar surface area (TPSA) is 120 Å². The maximum Gasteiger partial charge on any atom is 0.125 e. The number of rotatable bonds is 7. The molecule has 0 unspecified atom stereocenters. The van der Waals surface area contributed by atoms with Crippen LogP contribution in [0.5, 0.6) is 5.75 Å². The molecular weight excluding hydrogens is 412 g/mol. The van der Waals surface area contributed by atoms with Crippen molar-refractivity contribution < 1.29 is 35.0 Å². The largest absolute Gasteiger partial charge is 0.491 e. The van der Waals surface area contributed by atoms with Crippen LogP contribution in [0, 0.1) is 0 Å². The number of benzene rings is 1. The Bertz CT molecular complexity index is 974. The second kappa shape index (κ2) is 9.95. The highest BCUT2D eigenvalue weighted by atomic mass is 16.5. The lowest BCUT2D eigenvalue weighted by molar-refractivity contribution is -0.232. The molecule has 1 fully saturated rings. The average molecular weight is 440 g/mol. The Kier molecular flexibility index (Phi) is 7.05. The summed E-state index contributed by atoms with van der Waals surface area (Å²) >= 11 is 0. The third-order valence-corrected chi connectivity index (χ3v) is 5.82. The third-order valence-electron chi connectivity index (χ3n) is 5.82. The van der Waals surface area contributed by atoms with E-state index < -0.39 is 37.1 Å². The van der Waals surface area contributed by atoms with Crippen LogP contribution < -0.4 is 4.74 Å². The van der Waals surface area contributed by atoms with Crippen LogP contribution in [0.15, 0.2) is 60.7 Å². The first kappa shape index (κ1) is 22.7. The zero-order valence-electron chi connectivity index (χ0n) is 17.5. The maximum atomic E-state index is 10.6. The zero-order chi connectivity index (χ0) is 22.7. The minimum atomic E-state index is -1.48. The zero-order valence-corrected chi connectivity index (χ0v) is 17.5. The van der Waals surface area contributed by atoms with Crippen molar-refractivity contribution in [3.63, 3.8) is 0 Å². The van der Waals surface area contributed by atoms with Crippen molar-refractivity contribution in [1.29, 1.82) is 0 Å². The van der Waals surface area contributed by atoms with Crippen molar-refractivity contribution in [3.8, 4) is 16.9 Å². The number of hydrogen-bond donors (Lipinski definition) is 5. The van der Waals surface area contributed by atoms with Gasteiger partial charge in [0.25, 0.3) is 0 Å². The highest BCUT2D eigenvalue weighted by molar-refractivity contribution is 5.68. The van der Waals surface area contributed by atoms with E-state index >= 15 is 0 Å². The number of aliphatic hydroxyl groups excluding tert-OH is 5. The van der Waals surface area contributed by atoms with Gasteiger partial charge in [-0.2, -0.15) is 0 Å². The van der Waals surface area contributed by atoms with Crippen molar-refractivity contribution in [2.45, 2.75) is 36.9 Å². The van der Waals surface area contributed by atoms with Gasteiger partial charge in [-0.05, 0) is 40.8 Å². The van der Waals surface area contributed by atoms with Crippen LogP contribution >= 0.6 is 0 Å². The smallest absolute Gasteiger partial charge is 0.125 e. The van der Waals surface area contributed by atoms with Crippen molar-refractivity contribution in [1.82, 2.24) is 0 Å². The molecular formula is C25H28O7. The highest BCUT2D eigenvalue weighted by Crippen LogP contribution is 2.38. The molecule has 1 aromatic carbocycles. The summed E-state index contributed by atoms with van der Waals surface area (Å²) in [7, 11) is 0. The van der Waals surface area contributed by atoms with Gasteiger partial charge in [-0.3, -0.25) is 0 Å². The molecule has 1 saturated heterocycles. The van der Waals surface area contributed by atoms with E-state index in [4.69, 9.17) is 14.6 Å². The summed E-state index contributed by atoms with van der Waals surface area (Å²) in [5.41, 5.74) is 4.82. The predicted octanol–water partition coefficient (Wildman–Crippen LogP) is 1.27. The lowest BCUT2D eigenvalue weighted by Gasteiger charge is -2.40. The normalized spacial score (nSPS) is 25.7. The molecule has 0 spiro atoms. The minimum absolute atomic E-state index is 0.0506. The Labute approximate surface area is 186 Å². The molecule has 32 heavy (non-hydrogen) atoms. The quantitative estimate of drug-likeness (QED) is 0.375. The molecule has 7 nitrogen and oxygen atoms in total. The molecule has 0 aromatic heterocycles. The summed E-state index contributed by atoms with van der Waals surface area (Å²) in [5.74, 6) is 0.395. The number of hydrogen-bond acceptors (Lipinski definition) is 7. The Hall–Kier alpha value is -2.52. The molecule has 4 rings (SSSR count). The molecule has 0 bridgehead atoms. The van der Waals surface area contributed by atoms with Crippen LogP contribution in [0.4, 0.5) is 0 Å². The van der Waals surface area contributed by atoms with Crippen molar-refractivity contribution in [2.75, 3.05) is 19.8 Å². The average Bonchev–Trinajstić information content (AvgIpc) is 3.04. The summed E-state index contributed by atoms with van der Waals surface area (Å²) in [4.78, 5) is 0. The Morgan fingerprint density at radius 2 is 1.50 bits per heavy atom. The van der Waals surface area contributed by atoms with Crippen LogP contribution in [0.25, 0.3) is 11.1 Å². The lowest BCUT2D eigenvalue weighted by Crippen LogP contribution is -2.55. The molecule has 0 saturated carbocycles. The Morgan fingerprint density at radius 3 is 2.16 bits per heavy atom. The summed E-state index contributed by atoms with van der Waals surface area (Å²) in [6, 6.07) is 19.8. The van der Waals surface area contributed by atoms with Gasteiger partial charge in [0, 0.05) is 5.56 Å². The first-order valence-corrected chi connectivity index (χ1v) is 10.7. The summed E-state index contributed by atoms with van der Waals surface area (Å²) in [6.45, 7) is -0.645. The van der Waals surface area contributed by atoms with Gasteiger partial charge in [0.2, 0.25) is 0 Å². The standard InChI is InChI=1S/C25H28O7/c26-8-9-31-20-7-6-15(10-16-11-17-4-2-1-3-5-18(17)12-16)13-19(20)25-24(30)23(29)22(28)21(14-27)32-25/h1-7,11-13,21-30H,8-10,14H2/t21-,22-,23+,24-,25+/m1/s1. The number of ether oxygens (including phenoxy) is 2. The Balaban J connectivity index is 1.67. The molecule has 1 aromatic rings. The minimum Gasteiger partial charge on any atom is -0.491 e. The fraction of sp³-hybridized carbons (Fsp3) is 0.360. The van der Waals surface area contributed by atoms with E-state index in [0.29, 0.717) is 17.7 Å². The van der Waals surface area contributed by atoms with Gasteiger partial charge in [-0.1, -0.05) is 48.5 Å². The summed E-state index contributed by atoms with van der Waals surface area (Å²) in [6.07, 6.45) is -5.74. The van der Waals surface area contributed by atoms with Gasteiger partial charge in [0.1, 0.15) is 42.9 Å². The summed E-state index contributed by atoms with van der Waals surface area (Å²) < 4.78 is 11.4. The molecule has 0 radical (unpaired) electrons. The second-order valence-electron chi connectivity index (χ2n) is 8.06. The molecule has 5 atom stereocenters. The van der Waals surface area contributed by atoms with E-state index in [1.54, 1.807) is 6.07 Å². The van der Waals surface area contributed by atoms with E-state index in [2.05, 4.69) is 24.3 Å². The van der Waals surface area contributed by atoms with Gasteiger partial charge in [0.05, 0.1) is 13.2 Å². The van der Waals surface area contributed by atoms with Crippen LogP contribution in [0.1, 0.15) is 22.8 Å². The monoisotopic (exact) mass is 440 g/mol. The van der Waals surface area contributed by atoms with Crippen molar-refractivity contribution >= 4 is 0 Å². The van der Waals surface area contributed by atoms with Crippen LogP contribution in [0.2, 0.25) is 0 Å². The van der Waals surface area contributed by atoms with Crippen LogP contribution in [-0.4, -0.2) is 69.8 Å². The SMILES string of the molecule is OCCOc1ccc(Cc2cc3cccccc-3c2)cc1[C@@H]1O[C@H](CO)[C@@H](O)[C@H](O)[C@H]1O. The molecule has 7 heteroatoms. The first-order chi connectivity index (χ1) is 15.5. The molecule has 3 aliphatic rings. The van der Waals surface area contributed by atoms with E-state index in [1.165, 1.54) is 0 Å². The van der Waals surface area contributed by atoms with Gasteiger partial charge < -0.3 is 35.0 Å². The van der Waals surface area contributed by atoms with Crippen LogP contribution in [-0.2, 0) is 11.2 Å². The molecule has 5 N–H and O–H groups in total. The Morgan fingerprint density at radius 1 is 0.781 bits per heavy atom. The van der Waals surface area contributed by atoms with Gasteiger partial charge >= 0.3 is 0 Å². The molecule has 1 heterocycles. The molecule has 1 aliphatic heterocycles. The molecule has 170 valence electrons. The van der Waals surface area contributed by atoms with Gasteiger partial charge in [-0.25, -0.2) is 0 Å². The second-order valence-corrected chi connectivity index (χ2v) is 8.06. The third kappa shape index (κ3) is 4.63. The van der Waals surface area contributed by atoms with Gasteiger partial charge in [0.15, 0.2) is 0 Å². The fourth-order valence-corrected chi connectivity index (χ4v) is 4.19. The fourth-order valence-electron chi connectivity index (χ4n) is 4.19. The van der Waals surface area contributed by atoms with Crippen molar-refractivity contribution in [2.24, 2.45) is 0 Å². The number of aliphatic hydroxyl groups is 5. The first-order valence-electron chi connectivity index (χ1n) is 10.7. The van der Waals surface area contributed by atoms with Crippen LogP contribution in [0.3, 0.4) is 0 Å².